The standard InChI is InChI=1S/C11H10F4O3/c1-2-17-9(16)10(12,11(13,14)15)18-8-6-4-3-5-7-8/h3-7H,2H2,1H3/t10-/m1/s1. The highest BCUT2D eigenvalue weighted by atomic mass is 19.4. The van der Waals surface area contributed by atoms with E-state index in [9.17, 15) is 22.4 Å². The zero-order valence-corrected chi connectivity index (χ0v) is 9.33. The number of halogens is 4. The molecule has 0 heterocycles. The summed E-state index contributed by atoms with van der Waals surface area (Å²) in [6, 6.07) is 6.39. The minimum atomic E-state index is -5.53. The molecule has 0 aliphatic heterocycles. The number of hydrogen-bond donors (Lipinski definition) is 0. The molecule has 1 rings (SSSR count). The van der Waals surface area contributed by atoms with E-state index in [0.717, 1.165) is 12.1 Å². The van der Waals surface area contributed by atoms with Crippen molar-refractivity contribution in [1.82, 2.24) is 0 Å². The molecule has 0 amide bonds. The van der Waals surface area contributed by atoms with Crippen molar-refractivity contribution in [2.75, 3.05) is 6.61 Å². The van der Waals surface area contributed by atoms with Crippen molar-refractivity contribution in [3.63, 3.8) is 0 Å². The van der Waals surface area contributed by atoms with Crippen LogP contribution < -0.4 is 4.74 Å². The van der Waals surface area contributed by atoms with Crippen molar-refractivity contribution < 1.29 is 31.8 Å². The van der Waals surface area contributed by atoms with Gasteiger partial charge in [-0.25, -0.2) is 4.79 Å². The number of rotatable bonds is 4. The summed E-state index contributed by atoms with van der Waals surface area (Å²) in [6.45, 7) is 0.871. The van der Waals surface area contributed by atoms with Crippen LogP contribution in [-0.2, 0) is 9.53 Å². The first-order valence-corrected chi connectivity index (χ1v) is 4.98. The molecule has 1 aromatic rings. The van der Waals surface area contributed by atoms with Crippen LogP contribution in [-0.4, -0.2) is 24.6 Å². The Hall–Kier alpha value is -1.79. The van der Waals surface area contributed by atoms with E-state index in [-0.39, 0.29) is 0 Å². The lowest BCUT2D eigenvalue weighted by Crippen LogP contribution is -2.53. The van der Waals surface area contributed by atoms with E-state index in [2.05, 4.69) is 9.47 Å². The zero-order chi connectivity index (χ0) is 13.8. The van der Waals surface area contributed by atoms with Crippen LogP contribution in [0, 0.1) is 0 Å². The number of ether oxygens (including phenoxy) is 2. The number of para-hydroxylation sites is 1. The molecule has 0 spiro atoms. The summed E-state index contributed by atoms with van der Waals surface area (Å²) in [4.78, 5) is 11.1. The Morgan fingerprint density at radius 2 is 1.72 bits per heavy atom. The average molecular weight is 266 g/mol. The van der Waals surface area contributed by atoms with Gasteiger partial charge in [-0.15, -0.1) is 0 Å². The van der Waals surface area contributed by atoms with Crippen LogP contribution in [0.4, 0.5) is 17.6 Å². The minimum absolute atomic E-state index is 0.390. The first kappa shape index (κ1) is 14.3. The van der Waals surface area contributed by atoms with Crippen LogP contribution in [0.3, 0.4) is 0 Å². The number of benzene rings is 1. The maximum Gasteiger partial charge on any atom is 0.472 e. The molecule has 7 heteroatoms. The van der Waals surface area contributed by atoms with Gasteiger partial charge in [0, 0.05) is 0 Å². The van der Waals surface area contributed by atoms with Crippen LogP contribution in [0.2, 0.25) is 0 Å². The Labute approximate surface area is 100 Å². The van der Waals surface area contributed by atoms with E-state index in [1.54, 1.807) is 0 Å². The largest absolute Gasteiger partial charge is 0.472 e. The number of alkyl halides is 4. The number of carbonyl (C=O) groups is 1. The highest BCUT2D eigenvalue weighted by molar-refractivity contribution is 5.79. The fourth-order valence-corrected chi connectivity index (χ4v) is 1.09. The van der Waals surface area contributed by atoms with Gasteiger partial charge >= 0.3 is 18.0 Å². The molecule has 0 aliphatic carbocycles. The first-order chi connectivity index (χ1) is 8.31. The van der Waals surface area contributed by atoms with Gasteiger partial charge in [-0.1, -0.05) is 18.2 Å². The predicted molar refractivity (Wildman–Crippen MR) is 53.6 cm³/mol. The van der Waals surface area contributed by atoms with Crippen LogP contribution in [0.1, 0.15) is 6.92 Å². The van der Waals surface area contributed by atoms with Crippen LogP contribution >= 0.6 is 0 Å². The molecule has 0 saturated heterocycles. The van der Waals surface area contributed by atoms with Gasteiger partial charge in [0.2, 0.25) is 0 Å². The second kappa shape index (κ2) is 5.24. The fraction of sp³-hybridized carbons (Fsp3) is 0.364. The smallest absolute Gasteiger partial charge is 0.461 e. The summed E-state index contributed by atoms with van der Waals surface area (Å²) < 4.78 is 59.6. The zero-order valence-electron chi connectivity index (χ0n) is 9.33. The van der Waals surface area contributed by atoms with Gasteiger partial charge in [0.05, 0.1) is 6.61 Å². The third kappa shape index (κ3) is 2.91. The van der Waals surface area contributed by atoms with Gasteiger partial charge < -0.3 is 9.47 Å². The SMILES string of the molecule is CCOC(=O)[C@@](F)(Oc1ccccc1)C(F)(F)F. The molecular formula is C11H10F4O3. The van der Waals surface area contributed by atoms with Crippen molar-refractivity contribution >= 4 is 5.97 Å². The van der Waals surface area contributed by atoms with E-state index in [0.29, 0.717) is 0 Å². The van der Waals surface area contributed by atoms with Crippen molar-refractivity contribution in [3.05, 3.63) is 30.3 Å². The Morgan fingerprint density at radius 3 is 2.17 bits per heavy atom. The van der Waals surface area contributed by atoms with E-state index in [4.69, 9.17) is 0 Å². The molecule has 0 fully saturated rings. The molecular weight excluding hydrogens is 256 g/mol. The third-order valence-corrected chi connectivity index (χ3v) is 1.90. The normalized spacial score (nSPS) is 14.7. The molecule has 0 N–H and O–H groups in total. The summed E-state index contributed by atoms with van der Waals surface area (Å²) >= 11 is 0. The molecule has 100 valence electrons. The van der Waals surface area contributed by atoms with Crippen LogP contribution in [0.25, 0.3) is 0 Å². The van der Waals surface area contributed by atoms with Crippen LogP contribution in [0.15, 0.2) is 30.3 Å². The van der Waals surface area contributed by atoms with Crippen LogP contribution in [0.5, 0.6) is 5.75 Å². The lowest BCUT2D eigenvalue weighted by atomic mass is 10.3. The van der Waals surface area contributed by atoms with E-state index in [1.165, 1.54) is 25.1 Å². The summed E-state index contributed by atoms with van der Waals surface area (Å²) in [7, 11) is 0. The van der Waals surface area contributed by atoms with Crippen molar-refractivity contribution in [2.24, 2.45) is 0 Å². The van der Waals surface area contributed by atoms with Crippen molar-refractivity contribution in [2.45, 2.75) is 19.0 Å². The summed E-state index contributed by atoms with van der Waals surface area (Å²) in [6.07, 6.45) is -5.53. The predicted octanol–water partition coefficient (Wildman–Crippen LogP) is 2.86. The highest BCUT2D eigenvalue weighted by Gasteiger charge is 2.66. The Kier molecular flexibility index (Phi) is 4.15. The van der Waals surface area contributed by atoms with Gasteiger partial charge in [-0.05, 0) is 19.1 Å². The van der Waals surface area contributed by atoms with Crippen molar-refractivity contribution in [1.29, 1.82) is 0 Å². The number of hydrogen-bond acceptors (Lipinski definition) is 3. The second-order valence-electron chi connectivity index (χ2n) is 3.23. The van der Waals surface area contributed by atoms with Gasteiger partial charge in [-0.3, -0.25) is 0 Å². The molecule has 0 saturated carbocycles. The molecule has 1 atom stereocenters. The maximum absolute atomic E-state index is 13.7. The summed E-state index contributed by atoms with van der Waals surface area (Å²) in [5.74, 6) is -7.06. The fourth-order valence-electron chi connectivity index (χ4n) is 1.09. The van der Waals surface area contributed by atoms with Gasteiger partial charge in [0.1, 0.15) is 5.75 Å². The molecule has 0 bridgehead atoms. The molecule has 18 heavy (non-hydrogen) atoms. The molecule has 0 aliphatic rings. The Balaban J connectivity index is 3.03. The highest BCUT2D eigenvalue weighted by Crippen LogP contribution is 2.37. The van der Waals surface area contributed by atoms with Gasteiger partial charge in [0.25, 0.3) is 0 Å². The average Bonchev–Trinajstić information content (AvgIpc) is 2.29. The van der Waals surface area contributed by atoms with Crippen molar-refractivity contribution in [3.8, 4) is 5.75 Å². The summed E-state index contributed by atoms with van der Waals surface area (Å²) in [5.41, 5.74) is 0. The second-order valence-corrected chi connectivity index (χ2v) is 3.23. The van der Waals surface area contributed by atoms with E-state index in [1.807, 2.05) is 0 Å². The van der Waals surface area contributed by atoms with Gasteiger partial charge in [-0.2, -0.15) is 17.6 Å². The molecule has 0 unspecified atom stereocenters. The molecule has 3 nitrogen and oxygen atoms in total. The Bertz CT molecular complexity index is 404. The lowest BCUT2D eigenvalue weighted by molar-refractivity contribution is -0.297. The monoisotopic (exact) mass is 266 g/mol. The van der Waals surface area contributed by atoms with Gasteiger partial charge in [0.15, 0.2) is 0 Å². The minimum Gasteiger partial charge on any atom is -0.461 e. The molecule has 0 radical (unpaired) electrons. The van der Waals surface area contributed by atoms with E-state index < -0.39 is 30.4 Å². The summed E-state index contributed by atoms with van der Waals surface area (Å²) in [5, 5.41) is 0. The topological polar surface area (TPSA) is 35.5 Å². The molecule has 0 aromatic heterocycles. The maximum atomic E-state index is 13.7. The Morgan fingerprint density at radius 1 is 1.17 bits per heavy atom. The third-order valence-electron chi connectivity index (χ3n) is 1.90. The number of esters is 1. The first-order valence-electron chi connectivity index (χ1n) is 4.98. The quantitative estimate of drug-likeness (QED) is 0.621. The lowest BCUT2D eigenvalue weighted by Gasteiger charge is -2.26. The van der Waals surface area contributed by atoms with E-state index >= 15 is 0 Å². The molecule has 1 aromatic carbocycles. The number of carbonyl (C=O) groups excluding carboxylic acids is 1.